The van der Waals surface area contributed by atoms with Gasteiger partial charge < -0.3 is 16.5 Å². The van der Waals surface area contributed by atoms with E-state index in [2.05, 4.69) is 5.32 Å². The molecular formula is C7H13N3. The average Bonchev–Trinajstić information content (AvgIpc) is 1.88. The van der Waals surface area contributed by atoms with Crippen molar-refractivity contribution < 1.29 is 0 Å². The zero-order valence-electron chi connectivity index (χ0n) is 6.20. The van der Waals surface area contributed by atoms with Crippen molar-refractivity contribution in [2.75, 3.05) is 13.1 Å². The number of hydrogen-bond acceptors (Lipinski definition) is 3. The van der Waals surface area contributed by atoms with Gasteiger partial charge in [0.05, 0.1) is 0 Å². The molecule has 0 aliphatic carbocycles. The number of piperidine rings is 1. The maximum atomic E-state index is 7.50. The predicted molar refractivity (Wildman–Crippen MR) is 42.1 cm³/mol. The third kappa shape index (κ3) is 1.36. The van der Waals surface area contributed by atoms with Crippen molar-refractivity contribution in [3.63, 3.8) is 0 Å². The Kier molecular flexibility index (Phi) is 2.06. The van der Waals surface area contributed by atoms with Gasteiger partial charge in [0.25, 0.3) is 0 Å². The molecule has 0 saturated carbocycles. The Balaban J connectivity index is 2.75. The van der Waals surface area contributed by atoms with Crippen LogP contribution in [0.25, 0.3) is 0 Å². The van der Waals surface area contributed by atoms with Gasteiger partial charge in [0.1, 0.15) is 0 Å². The van der Waals surface area contributed by atoms with E-state index in [9.17, 15) is 0 Å². The molecule has 0 aromatic heterocycles. The smallest absolute Gasteiger partial charge is 0.0388 e. The lowest BCUT2D eigenvalue weighted by atomic mass is 10.0. The molecule has 56 valence electrons. The van der Waals surface area contributed by atoms with Crippen molar-refractivity contribution >= 4 is 5.71 Å². The summed E-state index contributed by atoms with van der Waals surface area (Å²) in [6.45, 7) is 3.52. The molecule has 1 rings (SSSR count). The first-order chi connectivity index (χ1) is 4.72. The highest BCUT2D eigenvalue weighted by Crippen LogP contribution is 2.06. The molecule has 1 aliphatic rings. The van der Waals surface area contributed by atoms with Crippen LogP contribution in [0.3, 0.4) is 0 Å². The highest BCUT2D eigenvalue weighted by atomic mass is 14.9. The lowest BCUT2D eigenvalue weighted by Crippen LogP contribution is -2.31. The summed E-state index contributed by atoms with van der Waals surface area (Å²) >= 11 is 0. The van der Waals surface area contributed by atoms with Gasteiger partial charge >= 0.3 is 0 Å². The van der Waals surface area contributed by atoms with Crippen LogP contribution in [0.2, 0.25) is 0 Å². The number of allylic oxidation sites excluding steroid dienone is 1. The first-order valence-corrected chi connectivity index (χ1v) is 3.45. The fourth-order valence-electron chi connectivity index (χ4n) is 1.06. The monoisotopic (exact) mass is 139 g/mol. The third-order valence-corrected chi connectivity index (χ3v) is 1.69. The van der Waals surface area contributed by atoms with Crippen LogP contribution in [-0.4, -0.2) is 18.8 Å². The van der Waals surface area contributed by atoms with Crippen LogP contribution < -0.4 is 11.1 Å². The molecule has 0 amide bonds. The Morgan fingerprint density at radius 3 is 2.80 bits per heavy atom. The summed E-state index contributed by atoms with van der Waals surface area (Å²) < 4.78 is 0. The third-order valence-electron chi connectivity index (χ3n) is 1.69. The minimum atomic E-state index is 0.693. The molecule has 0 spiro atoms. The predicted octanol–water partition coefficient (Wildman–Crippen LogP) is 0.232. The van der Waals surface area contributed by atoms with Gasteiger partial charge in [-0.3, -0.25) is 0 Å². The SMILES string of the molecule is CC(N)=C1CNCCC1=N. The molecule has 1 heterocycles. The molecule has 1 saturated heterocycles. The fourth-order valence-corrected chi connectivity index (χ4v) is 1.06. The van der Waals surface area contributed by atoms with E-state index in [1.807, 2.05) is 6.92 Å². The molecular weight excluding hydrogens is 126 g/mol. The van der Waals surface area contributed by atoms with E-state index in [0.29, 0.717) is 5.71 Å². The van der Waals surface area contributed by atoms with Crippen LogP contribution in [0.5, 0.6) is 0 Å². The van der Waals surface area contributed by atoms with Gasteiger partial charge in [0, 0.05) is 36.5 Å². The van der Waals surface area contributed by atoms with Crippen LogP contribution in [0.1, 0.15) is 13.3 Å². The van der Waals surface area contributed by atoms with Crippen LogP contribution in [-0.2, 0) is 0 Å². The summed E-state index contributed by atoms with van der Waals surface area (Å²) in [5.74, 6) is 0. The number of nitrogens with two attached hydrogens (primary N) is 1. The van der Waals surface area contributed by atoms with Gasteiger partial charge in [-0.25, -0.2) is 0 Å². The summed E-state index contributed by atoms with van der Waals surface area (Å²) in [4.78, 5) is 0. The van der Waals surface area contributed by atoms with Gasteiger partial charge in [0.2, 0.25) is 0 Å². The Hall–Kier alpha value is -0.830. The van der Waals surface area contributed by atoms with Gasteiger partial charge in [-0.2, -0.15) is 0 Å². The molecule has 1 fully saturated rings. The Labute approximate surface area is 60.8 Å². The molecule has 0 aromatic rings. The van der Waals surface area contributed by atoms with E-state index in [4.69, 9.17) is 11.1 Å². The summed E-state index contributed by atoms with van der Waals surface area (Å²) in [6.07, 6.45) is 0.809. The Morgan fingerprint density at radius 2 is 2.40 bits per heavy atom. The summed E-state index contributed by atoms with van der Waals surface area (Å²) in [5, 5.41) is 10.7. The first kappa shape index (κ1) is 7.28. The molecule has 0 radical (unpaired) electrons. The molecule has 0 atom stereocenters. The second-order valence-electron chi connectivity index (χ2n) is 2.57. The normalized spacial score (nSPS) is 24.7. The molecule has 0 bridgehead atoms. The van der Waals surface area contributed by atoms with Crippen LogP contribution >= 0.6 is 0 Å². The zero-order chi connectivity index (χ0) is 7.56. The standard InChI is InChI=1S/C7H13N3/c1-5(8)6-4-10-3-2-7(6)9/h9-10H,2-4,8H2,1H3. The highest BCUT2D eigenvalue weighted by Gasteiger charge is 2.11. The van der Waals surface area contributed by atoms with E-state index in [1.165, 1.54) is 0 Å². The molecule has 4 N–H and O–H groups in total. The van der Waals surface area contributed by atoms with Crippen molar-refractivity contribution in [1.29, 1.82) is 5.41 Å². The van der Waals surface area contributed by atoms with E-state index in [0.717, 1.165) is 30.8 Å². The maximum Gasteiger partial charge on any atom is 0.0388 e. The highest BCUT2D eigenvalue weighted by molar-refractivity contribution is 5.99. The van der Waals surface area contributed by atoms with Gasteiger partial charge in [-0.05, 0) is 6.92 Å². The number of nitrogens with one attached hydrogen (secondary N) is 2. The maximum absolute atomic E-state index is 7.50. The van der Waals surface area contributed by atoms with Crippen LogP contribution in [0.15, 0.2) is 11.3 Å². The van der Waals surface area contributed by atoms with E-state index in [1.54, 1.807) is 0 Å². The van der Waals surface area contributed by atoms with Crippen molar-refractivity contribution in [2.45, 2.75) is 13.3 Å². The van der Waals surface area contributed by atoms with E-state index < -0.39 is 0 Å². The summed E-state index contributed by atoms with van der Waals surface area (Å²) in [5.41, 5.74) is 8.00. The minimum absolute atomic E-state index is 0.693. The lowest BCUT2D eigenvalue weighted by Gasteiger charge is -2.17. The second kappa shape index (κ2) is 2.84. The summed E-state index contributed by atoms with van der Waals surface area (Å²) in [6, 6.07) is 0. The molecule has 3 nitrogen and oxygen atoms in total. The minimum Gasteiger partial charge on any atom is -0.402 e. The molecule has 3 heteroatoms. The van der Waals surface area contributed by atoms with Crippen LogP contribution in [0, 0.1) is 5.41 Å². The fraction of sp³-hybridized carbons (Fsp3) is 0.571. The van der Waals surface area contributed by atoms with E-state index >= 15 is 0 Å². The second-order valence-corrected chi connectivity index (χ2v) is 2.57. The number of rotatable bonds is 0. The molecule has 0 aromatic carbocycles. The quantitative estimate of drug-likeness (QED) is 0.450. The molecule has 0 unspecified atom stereocenters. The number of hydrogen-bond donors (Lipinski definition) is 3. The van der Waals surface area contributed by atoms with E-state index in [-0.39, 0.29) is 0 Å². The van der Waals surface area contributed by atoms with Gasteiger partial charge in [-0.1, -0.05) is 0 Å². The largest absolute Gasteiger partial charge is 0.402 e. The first-order valence-electron chi connectivity index (χ1n) is 3.45. The zero-order valence-corrected chi connectivity index (χ0v) is 6.20. The van der Waals surface area contributed by atoms with Crippen molar-refractivity contribution in [3.05, 3.63) is 11.3 Å². The van der Waals surface area contributed by atoms with Crippen molar-refractivity contribution in [3.8, 4) is 0 Å². The Bertz CT molecular complexity index is 177. The summed E-state index contributed by atoms with van der Waals surface area (Å²) in [7, 11) is 0. The molecule has 10 heavy (non-hydrogen) atoms. The van der Waals surface area contributed by atoms with Crippen molar-refractivity contribution in [1.82, 2.24) is 5.32 Å². The lowest BCUT2D eigenvalue weighted by molar-refractivity contribution is 0.722. The van der Waals surface area contributed by atoms with Gasteiger partial charge in [-0.15, -0.1) is 0 Å². The average molecular weight is 139 g/mol. The Morgan fingerprint density at radius 1 is 1.70 bits per heavy atom. The van der Waals surface area contributed by atoms with Crippen LogP contribution in [0.4, 0.5) is 0 Å². The van der Waals surface area contributed by atoms with Crippen molar-refractivity contribution in [2.24, 2.45) is 5.73 Å². The topological polar surface area (TPSA) is 61.9 Å². The molecule has 1 aliphatic heterocycles. The van der Waals surface area contributed by atoms with Gasteiger partial charge in [0.15, 0.2) is 0 Å².